The number of hydrogen-bond acceptors (Lipinski definition) is 3. The van der Waals surface area contributed by atoms with Gasteiger partial charge in [0.1, 0.15) is 11.9 Å². The van der Waals surface area contributed by atoms with Gasteiger partial charge in [-0.25, -0.2) is 4.98 Å². The average molecular weight is 323 g/mol. The van der Waals surface area contributed by atoms with Gasteiger partial charge in [0.15, 0.2) is 0 Å². The van der Waals surface area contributed by atoms with Crippen LogP contribution in [0, 0.1) is 5.92 Å². The van der Waals surface area contributed by atoms with Crippen molar-refractivity contribution < 1.29 is 5.11 Å². The smallest absolute Gasteiger partial charge is 0.261 e. The number of aliphatic hydroxyl groups excluding tert-OH is 1. The molecule has 1 N–H and O–H groups in total. The Morgan fingerprint density at radius 1 is 1.53 bits per heavy atom. The highest BCUT2D eigenvalue weighted by atomic mass is 79.9. The number of aromatic nitrogens is 2. The van der Waals surface area contributed by atoms with E-state index in [0.717, 1.165) is 17.3 Å². The second kappa shape index (κ2) is 4.72. The van der Waals surface area contributed by atoms with Gasteiger partial charge in [-0.1, -0.05) is 29.3 Å². The van der Waals surface area contributed by atoms with E-state index in [-0.39, 0.29) is 11.5 Å². The first-order chi connectivity index (χ1) is 9.11. The summed E-state index contributed by atoms with van der Waals surface area (Å²) in [7, 11) is 0. The maximum atomic E-state index is 12.5. The van der Waals surface area contributed by atoms with Crippen molar-refractivity contribution in [2.45, 2.75) is 32.4 Å². The number of aliphatic hydroxyl groups is 1. The zero-order valence-corrected chi connectivity index (χ0v) is 12.2. The second-order valence-electron chi connectivity index (χ2n) is 4.99. The number of benzene rings is 1. The predicted octanol–water partition coefficient (Wildman–Crippen LogP) is 2.62. The Labute approximate surface area is 119 Å². The Kier molecular flexibility index (Phi) is 3.19. The number of halogens is 1. The molecule has 0 bridgehead atoms. The highest BCUT2D eigenvalue weighted by Crippen LogP contribution is 2.31. The van der Waals surface area contributed by atoms with Crippen LogP contribution < -0.4 is 5.56 Å². The summed E-state index contributed by atoms with van der Waals surface area (Å²) in [5.74, 6) is 0.706. The zero-order chi connectivity index (χ0) is 13.6. The van der Waals surface area contributed by atoms with Crippen LogP contribution in [0.5, 0.6) is 0 Å². The summed E-state index contributed by atoms with van der Waals surface area (Å²) in [4.78, 5) is 16.9. The Morgan fingerprint density at radius 2 is 2.32 bits per heavy atom. The maximum absolute atomic E-state index is 12.5. The van der Waals surface area contributed by atoms with Crippen molar-refractivity contribution in [1.29, 1.82) is 0 Å². The van der Waals surface area contributed by atoms with E-state index in [2.05, 4.69) is 27.8 Å². The number of nitrogens with zero attached hydrogens (tertiary/aromatic N) is 2. The molecule has 2 atom stereocenters. The van der Waals surface area contributed by atoms with Crippen molar-refractivity contribution in [2.75, 3.05) is 0 Å². The first kappa shape index (κ1) is 12.8. The molecule has 2 aromatic rings. The van der Waals surface area contributed by atoms with Crippen molar-refractivity contribution >= 4 is 26.8 Å². The van der Waals surface area contributed by atoms with Crippen LogP contribution >= 0.6 is 15.9 Å². The standard InChI is InChI=1S/C14H15BrN2O2/c1-2-8-5-6-17-13(12(8)18)16-11-4-3-9(15)7-10(11)14(17)19/h3-4,7-8,12,18H,2,5-6H2,1H3. The van der Waals surface area contributed by atoms with Crippen LogP contribution in [0.3, 0.4) is 0 Å². The van der Waals surface area contributed by atoms with Gasteiger partial charge in [0, 0.05) is 11.0 Å². The molecule has 2 heterocycles. The minimum Gasteiger partial charge on any atom is -0.385 e. The Morgan fingerprint density at radius 3 is 3.05 bits per heavy atom. The van der Waals surface area contributed by atoms with E-state index in [1.165, 1.54) is 0 Å². The van der Waals surface area contributed by atoms with Crippen LogP contribution in [0.2, 0.25) is 0 Å². The molecule has 19 heavy (non-hydrogen) atoms. The Bertz CT molecular complexity index is 696. The monoisotopic (exact) mass is 322 g/mol. The molecule has 0 saturated carbocycles. The van der Waals surface area contributed by atoms with E-state index in [4.69, 9.17) is 0 Å². The minimum atomic E-state index is -0.639. The van der Waals surface area contributed by atoms with Crippen molar-refractivity contribution in [1.82, 2.24) is 9.55 Å². The van der Waals surface area contributed by atoms with E-state index >= 15 is 0 Å². The van der Waals surface area contributed by atoms with E-state index in [1.54, 1.807) is 10.6 Å². The molecule has 2 unspecified atom stereocenters. The highest BCUT2D eigenvalue weighted by molar-refractivity contribution is 9.10. The molecule has 100 valence electrons. The fourth-order valence-corrected chi connectivity index (χ4v) is 3.10. The summed E-state index contributed by atoms with van der Waals surface area (Å²) in [6.45, 7) is 2.69. The third-order valence-corrected chi connectivity index (χ3v) is 4.40. The van der Waals surface area contributed by atoms with Crippen LogP contribution in [0.1, 0.15) is 31.7 Å². The highest BCUT2D eigenvalue weighted by Gasteiger charge is 2.29. The minimum absolute atomic E-state index is 0.0603. The summed E-state index contributed by atoms with van der Waals surface area (Å²) in [5, 5.41) is 10.9. The quantitative estimate of drug-likeness (QED) is 0.878. The van der Waals surface area contributed by atoms with Crippen LogP contribution in [-0.4, -0.2) is 14.7 Å². The summed E-state index contributed by atoms with van der Waals surface area (Å²) in [6.07, 6.45) is 1.08. The average Bonchev–Trinajstić information content (AvgIpc) is 2.41. The lowest BCUT2D eigenvalue weighted by Crippen LogP contribution is -2.34. The van der Waals surface area contributed by atoms with Crippen molar-refractivity contribution in [2.24, 2.45) is 5.92 Å². The molecule has 3 rings (SSSR count). The van der Waals surface area contributed by atoms with Gasteiger partial charge in [0.05, 0.1) is 10.9 Å². The molecule has 4 nitrogen and oxygen atoms in total. The molecule has 1 aromatic carbocycles. The third kappa shape index (κ3) is 2.01. The lowest BCUT2D eigenvalue weighted by atomic mass is 9.92. The molecule has 1 aliphatic heterocycles. The third-order valence-electron chi connectivity index (χ3n) is 3.90. The number of rotatable bonds is 1. The molecule has 0 aliphatic carbocycles. The van der Waals surface area contributed by atoms with Crippen LogP contribution in [0.15, 0.2) is 27.5 Å². The zero-order valence-electron chi connectivity index (χ0n) is 10.6. The largest absolute Gasteiger partial charge is 0.385 e. The summed E-state index contributed by atoms with van der Waals surface area (Å²) in [6, 6.07) is 5.46. The van der Waals surface area contributed by atoms with Crippen molar-refractivity contribution in [3.8, 4) is 0 Å². The normalized spacial score (nSPS) is 22.5. The van der Waals surface area contributed by atoms with Gasteiger partial charge in [0.2, 0.25) is 0 Å². The lowest BCUT2D eigenvalue weighted by molar-refractivity contribution is 0.0672. The first-order valence-electron chi connectivity index (χ1n) is 6.50. The molecule has 0 saturated heterocycles. The molecular weight excluding hydrogens is 308 g/mol. The summed E-state index contributed by atoms with van der Waals surface area (Å²) < 4.78 is 2.48. The van der Waals surface area contributed by atoms with Gasteiger partial charge < -0.3 is 5.11 Å². The van der Waals surface area contributed by atoms with Gasteiger partial charge in [-0.15, -0.1) is 0 Å². The second-order valence-corrected chi connectivity index (χ2v) is 5.91. The van der Waals surface area contributed by atoms with E-state index < -0.39 is 6.10 Å². The molecule has 0 fully saturated rings. The predicted molar refractivity (Wildman–Crippen MR) is 77.1 cm³/mol. The SMILES string of the molecule is CCC1CCn2c(nc3ccc(Br)cc3c2=O)C1O. The van der Waals surface area contributed by atoms with E-state index in [1.807, 2.05) is 12.1 Å². The molecule has 1 aliphatic rings. The Balaban J connectivity index is 2.27. The van der Waals surface area contributed by atoms with Gasteiger partial charge >= 0.3 is 0 Å². The molecule has 0 radical (unpaired) electrons. The van der Waals surface area contributed by atoms with Crippen molar-refractivity contribution in [3.05, 3.63) is 38.9 Å². The van der Waals surface area contributed by atoms with E-state index in [9.17, 15) is 9.90 Å². The van der Waals surface area contributed by atoms with Crippen LogP contribution in [-0.2, 0) is 6.54 Å². The molecule has 1 aromatic heterocycles. The Hall–Kier alpha value is -1.20. The molecular formula is C14H15BrN2O2. The lowest BCUT2D eigenvalue weighted by Gasteiger charge is -2.29. The summed E-state index contributed by atoms with van der Waals surface area (Å²) in [5.41, 5.74) is 0.588. The van der Waals surface area contributed by atoms with Crippen LogP contribution in [0.4, 0.5) is 0 Å². The topological polar surface area (TPSA) is 55.1 Å². The van der Waals surface area contributed by atoms with Gasteiger partial charge in [-0.05, 0) is 30.5 Å². The number of hydrogen-bond donors (Lipinski definition) is 1. The first-order valence-corrected chi connectivity index (χ1v) is 7.29. The fourth-order valence-electron chi connectivity index (χ4n) is 2.74. The van der Waals surface area contributed by atoms with Gasteiger partial charge in [-0.3, -0.25) is 9.36 Å². The summed E-state index contributed by atoms with van der Waals surface area (Å²) >= 11 is 3.37. The van der Waals surface area contributed by atoms with Crippen LogP contribution in [0.25, 0.3) is 10.9 Å². The molecule has 0 amide bonds. The van der Waals surface area contributed by atoms with Crippen molar-refractivity contribution in [3.63, 3.8) is 0 Å². The van der Waals surface area contributed by atoms with E-state index in [0.29, 0.717) is 23.3 Å². The van der Waals surface area contributed by atoms with Gasteiger partial charge in [0.25, 0.3) is 5.56 Å². The fraction of sp³-hybridized carbons (Fsp3) is 0.429. The number of fused-ring (bicyclic) bond motifs is 2. The maximum Gasteiger partial charge on any atom is 0.261 e. The molecule has 0 spiro atoms. The van der Waals surface area contributed by atoms with Gasteiger partial charge in [-0.2, -0.15) is 0 Å². The molecule has 5 heteroatoms.